The Labute approximate surface area is 94.6 Å². The van der Waals surface area contributed by atoms with Crippen molar-refractivity contribution >= 4 is 5.97 Å². The molecule has 0 amide bonds. The molecule has 0 unspecified atom stereocenters. The van der Waals surface area contributed by atoms with Crippen LogP contribution in [0.1, 0.15) is 22.3 Å². The summed E-state index contributed by atoms with van der Waals surface area (Å²) in [4.78, 5) is 11.3. The van der Waals surface area contributed by atoms with Crippen LogP contribution in [0, 0.1) is 18.3 Å². The van der Waals surface area contributed by atoms with E-state index in [1.807, 2.05) is 13.0 Å². The van der Waals surface area contributed by atoms with E-state index in [1.54, 1.807) is 6.07 Å². The average Bonchev–Trinajstić information content (AvgIpc) is 2.29. The lowest BCUT2D eigenvalue weighted by Crippen LogP contribution is -2.12. The average molecular weight is 218 g/mol. The van der Waals surface area contributed by atoms with Crippen LogP contribution in [0.4, 0.5) is 0 Å². The Hall–Kier alpha value is -1.86. The topological polar surface area (TPSA) is 76.1 Å². The number of nitrogens with two attached hydrogens (primary N) is 1. The van der Waals surface area contributed by atoms with Gasteiger partial charge < -0.3 is 10.5 Å². The standard InChI is InChI=1S/C12H14N2O2/c1-8-3-4-9(6-13)10(11(8)7-14)5-12(15)16-2/h3-4H,5,7,14H2,1-2H3. The number of rotatable bonds is 3. The number of hydrogen-bond donors (Lipinski definition) is 1. The molecule has 1 rings (SSSR count). The van der Waals surface area contributed by atoms with Gasteiger partial charge in [-0.25, -0.2) is 0 Å². The Bertz CT molecular complexity index is 447. The molecule has 0 radical (unpaired) electrons. The lowest BCUT2D eigenvalue weighted by Gasteiger charge is -2.11. The summed E-state index contributed by atoms with van der Waals surface area (Å²) in [5.74, 6) is -0.364. The van der Waals surface area contributed by atoms with Crippen molar-refractivity contribution in [1.82, 2.24) is 0 Å². The molecule has 84 valence electrons. The van der Waals surface area contributed by atoms with Crippen LogP contribution in [0.5, 0.6) is 0 Å². The van der Waals surface area contributed by atoms with Crippen molar-refractivity contribution in [3.63, 3.8) is 0 Å². The molecule has 0 aromatic heterocycles. The van der Waals surface area contributed by atoms with Crippen LogP contribution in [0.3, 0.4) is 0 Å². The highest BCUT2D eigenvalue weighted by Crippen LogP contribution is 2.19. The maximum absolute atomic E-state index is 11.3. The van der Waals surface area contributed by atoms with Crippen molar-refractivity contribution < 1.29 is 9.53 Å². The highest BCUT2D eigenvalue weighted by Gasteiger charge is 2.13. The molecule has 1 aromatic rings. The van der Waals surface area contributed by atoms with Gasteiger partial charge in [0.25, 0.3) is 0 Å². The van der Waals surface area contributed by atoms with Gasteiger partial charge in [0, 0.05) is 6.54 Å². The van der Waals surface area contributed by atoms with E-state index in [1.165, 1.54) is 7.11 Å². The molecule has 0 fully saturated rings. The first-order valence-corrected chi connectivity index (χ1v) is 4.92. The van der Waals surface area contributed by atoms with Crippen LogP contribution in [-0.2, 0) is 22.5 Å². The fourth-order valence-corrected chi connectivity index (χ4v) is 1.62. The van der Waals surface area contributed by atoms with Gasteiger partial charge in [-0.1, -0.05) is 6.07 Å². The van der Waals surface area contributed by atoms with Gasteiger partial charge >= 0.3 is 5.97 Å². The summed E-state index contributed by atoms with van der Waals surface area (Å²) in [6.45, 7) is 2.22. The summed E-state index contributed by atoms with van der Waals surface area (Å²) < 4.78 is 4.60. The molecule has 4 heteroatoms. The van der Waals surface area contributed by atoms with Crippen molar-refractivity contribution in [3.05, 3.63) is 34.4 Å². The third-order valence-electron chi connectivity index (χ3n) is 2.54. The highest BCUT2D eigenvalue weighted by molar-refractivity contribution is 5.74. The Balaban J connectivity index is 3.26. The molecule has 0 saturated carbocycles. The van der Waals surface area contributed by atoms with E-state index >= 15 is 0 Å². The summed E-state index contributed by atoms with van der Waals surface area (Å²) in [5, 5.41) is 8.97. The first-order valence-electron chi connectivity index (χ1n) is 4.92. The molecule has 0 bridgehead atoms. The van der Waals surface area contributed by atoms with Crippen LogP contribution >= 0.6 is 0 Å². The van der Waals surface area contributed by atoms with E-state index in [0.29, 0.717) is 17.7 Å². The van der Waals surface area contributed by atoms with Gasteiger partial charge in [-0.2, -0.15) is 5.26 Å². The minimum absolute atomic E-state index is 0.0909. The minimum atomic E-state index is -0.364. The van der Waals surface area contributed by atoms with Crippen LogP contribution in [0.15, 0.2) is 12.1 Å². The number of ether oxygens (including phenoxy) is 1. The summed E-state index contributed by atoms with van der Waals surface area (Å²) in [7, 11) is 1.33. The van der Waals surface area contributed by atoms with Gasteiger partial charge in [0.2, 0.25) is 0 Å². The highest BCUT2D eigenvalue weighted by atomic mass is 16.5. The second-order valence-electron chi connectivity index (χ2n) is 3.46. The maximum atomic E-state index is 11.3. The van der Waals surface area contributed by atoms with Crippen molar-refractivity contribution in [2.24, 2.45) is 5.73 Å². The molecule has 0 aliphatic carbocycles. The molecular formula is C12H14N2O2. The molecule has 0 heterocycles. The van der Waals surface area contributed by atoms with Gasteiger partial charge in [-0.3, -0.25) is 4.79 Å². The zero-order valence-corrected chi connectivity index (χ0v) is 9.41. The van der Waals surface area contributed by atoms with Crippen LogP contribution in [-0.4, -0.2) is 13.1 Å². The van der Waals surface area contributed by atoms with Crippen LogP contribution in [0.2, 0.25) is 0 Å². The largest absolute Gasteiger partial charge is 0.469 e. The zero-order chi connectivity index (χ0) is 12.1. The Morgan fingerprint density at radius 3 is 2.69 bits per heavy atom. The Morgan fingerprint density at radius 2 is 2.19 bits per heavy atom. The van der Waals surface area contributed by atoms with Crippen molar-refractivity contribution in [3.8, 4) is 6.07 Å². The van der Waals surface area contributed by atoms with Crippen molar-refractivity contribution in [2.45, 2.75) is 19.9 Å². The lowest BCUT2D eigenvalue weighted by molar-refractivity contribution is -0.139. The molecule has 0 saturated heterocycles. The number of methoxy groups -OCH3 is 1. The molecule has 0 aliphatic heterocycles. The maximum Gasteiger partial charge on any atom is 0.310 e. The fourth-order valence-electron chi connectivity index (χ4n) is 1.62. The minimum Gasteiger partial charge on any atom is -0.469 e. The van der Waals surface area contributed by atoms with E-state index < -0.39 is 0 Å². The number of benzene rings is 1. The van der Waals surface area contributed by atoms with Crippen LogP contribution in [0.25, 0.3) is 0 Å². The summed E-state index contributed by atoms with van der Waals surface area (Å²) in [6, 6.07) is 5.60. The fraction of sp³-hybridized carbons (Fsp3) is 0.333. The number of nitrogens with zero attached hydrogens (tertiary/aromatic N) is 1. The number of nitriles is 1. The summed E-state index contributed by atoms with van der Waals surface area (Å²) in [6.07, 6.45) is 0.0909. The first kappa shape index (κ1) is 12.2. The quantitative estimate of drug-likeness (QED) is 0.769. The third-order valence-corrected chi connectivity index (χ3v) is 2.54. The van der Waals surface area contributed by atoms with Gasteiger partial charge in [0.15, 0.2) is 0 Å². The monoisotopic (exact) mass is 218 g/mol. The number of carbonyl (C=O) groups excluding carboxylic acids is 1. The van der Waals surface area contributed by atoms with Gasteiger partial charge in [0.1, 0.15) is 0 Å². The summed E-state index contributed by atoms with van der Waals surface area (Å²) >= 11 is 0. The molecule has 2 N–H and O–H groups in total. The molecular weight excluding hydrogens is 204 g/mol. The van der Waals surface area contributed by atoms with Crippen LogP contribution < -0.4 is 5.73 Å². The zero-order valence-electron chi connectivity index (χ0n) is 9.41. The van der Waals surface area contributed by atoms with Crippen molar-refractivity contribution in [2.75, 3.05) is 7.11 Å². The van der Waals surface area contributed by atoms with Gasteiger partial charge in [-0.15, -0.1) is 0 Å². The van der Waals surface area contributed by atoms with E-state index in [9.17, 15) is 4.79 Å². The predicted molar refractivity (Wildman–Crippen MR) is 59.5 cm³/mol. The third kappa shape index (κ3) is 2.38. The van der Waals surface area contributed by atoms with E-state index in [-0.39, 0.29) is 12.4 Å². The Kier molecular flexibility index (Phi) is 4.03. The SMILES string of the molecule is COC(=O)Cc1c(C#N)ccc(C)c1CN. The lowest BCUT2D eigenvalue weighted by atomic mass is 9.95. The molecule has 4 nitrogen and oxygen atoms in total. The summed E-state index contributed by atoms with van der Waals surface area (Å²) in [5.41, 5.74) is 8.63. The smallest absolute Gasteiger partial charge is 0.310 e. The molecule has 0 atom stereocenters. The molecule has 16 heavy (non-hydrogen) atoms. The molecule has 0 aliphatic rings. The predicted octanol–water partition coefficient (Wildman–Crippen LogP) is 1.04. The molecule has 0 spiro atoms. The first-order chi connectivity index (χ1) is 7.63. The second kappa shape index (κ2) is 5.29. The normalized spacial score (nSPS) is 9.62. The van der Waals surface area contributed by atoms with E-state index in [2.05, 4.69) is 10.8 Å². The second-order valence-corrected chi connectivity index (χ2v) is 3.46. The van der Waals surface area contributed by atoms with Gasteiger partial charge in [-0.05, 0) is 29.7 Å². The molecule has 1 aromatic carbocycles. The van der Waals surface area contributed by atoms with Gasteiger partial charge in [0.05, 0.1) is 25.2 Å². The van der Waals surface area contributed by atoms with Crippen molar-refractivity contribution in [1.29, 1.82) is 5.26 Å². The van der Waals surface area contributed by atoms with E-state index in [0.717, 1.165) is 11.1 Å². The number of carbonyl (C=O) groups is 1. The van der Waals surface area contributed by atoms with E-state index in [4.69, 9.17) is 11.0 Å². The number of aryl methyl sites for hydroxylation is 1. The number of esters is 1. The number of hydrogen-bond acceptors (Lipinski definition) is 4. The Morgan fingerprint density at radius 1 is 1.50 bits per heavy atom.